The van der Waals surface area contributed by atoms with Crippen LogP contribution in [0, 0.1) is 0 Å². The van der Waals surface area contributed by atoms with E-state index in [1.807, 2.05) is 0 Å². The van der Waals surface area contributed by atoms with E-state index in [9.17, 15) is 9.90 Å². The van der Waals surface area contributed by atoms with Crippen molar-refractivity contribution in [2.24, 2.45) is 0 Å². The third-order valence-electron chi connectivity index (χ3n) is 10.1. The van der Waals surface area contributed by atoms with Crippen LogP contribution < -0.4 is 0 Å². The predicted octanol–water partition coefficient (Wildman–Crippen LogP) is 14.5. The molecule has 0 fully saturated rings. The predicted molar refractivity (Wildman–Crippen MR) is 214 cm³/mol. The minimum Gasteiger partial charge on any atom is -0.457 e. The van der Waals surface area contributed by atoms with Crippen molar-refractivity contribution in [2.45, 2.75) is 251 Å². The number of aliphatic hydroxyl groups is 1. The molecule has 0 saturated carbocycles. The number of hydrogen-bond acceptors (Lipinski definition) is 4. The van der Waals surface area contributed by atoms with E-state index in [0.29, 0.717) is 19.6 Å². The van der Waals surface area contributed by atoms with Crippen molar-refractivity contribution in [3.63, 3.8) is 0 Å². The summed E-state index contributed by atoms with van der Waals surface area (Å²) in [5.41, 5.74) is 0. The first-order valence-corrected chi connectivity index (χ1v) is 22.3. The molecule has 0 spiro atoms. The van der Waals surface area contributed by atoms with Gasteiger partial charge < -0.3 is 14.6 Å². The highest BCUT2D eigenvalue weighted by molar-refractivity contribution is 5.69. The lowest BCUT2D eigenvalue weighted by atomic mass is 10.0. The first-order valence-electron chi connectivity index (χ1n) is 22.3. The second-order valence-corrected chi connectivity index (χ2v) is 15.1. The van der Waals surface area contributed by atoms with Gasteiger partial charge in [0.05, 0.1) is 13.2 Å². The maximum Gasteiger partial charge on any atom is 0.306 e. The van der Waals surface area contributed by atoms with Crippen LogP contribution in [0.25, 0.3) is 0 Å². The minimum absolute atomic E-state index is 0.169. The highest BCUT2D eigenvalue weighted by Gasteiger charge is 2.13. The lowest BCUT2D eigenvalue weighted by Gasteiger charge is -2.15. The van der Waals surface area contributed by atoms with E-state index >= 15 is 0 Å². The zero-order valence-corrected chi connectivity index (χ0v) is 33.5. The van der Waals surface area contributed by atoms with Crippen molar-refractivity contribution in [2.75, 3.05) is 19.8 Å². The highest BCUT2D eigenvalue weighted by atomic mass is 16.6. The molecular formula is C45H88O4. The van der Waals surface area contributed by atoms with Gasteiger partial charge in [-0.3, -0.25) is 4.79 Å². The standard InChI is InChI=1S/C45H88O4/c1-3-5-7-9-11-13-15-17-19-21-22-23-24-25-27-29-31-33-35-37-39-41-48-43-44(42-46)49-45(47)40-38-36-34-32-30-28-26-20-18-16-14-12-10-8-6-4-2/h20,26,44,46H,3-19,21-25,27-43H2,1-2H3/b26-20-. The van der Waals surface area contributed by atoms with Gasteiger partial charge in [-0.25, -0.2) is 0 Å². The Hall–Kier alpha value is -0.870. The van der Waals surface area contributed by atoms with Crippen LogP contribution in [0.4, 0.5) is 0 Å². The van der Waals surface area contributed by atoms with Gasteiger partial charge in [0, 0.05) is 13.0 Å². The number of carbonyl (C=O) groups excluding carboxylic acids is 1. The summed E-state index contributed by atoms with van der Waals surface area (Å²) in [7, 11) is 0. The van der Waals surface area contributed by atoms with Crippen molar-refractivity contribution in [3.05, 3.63) is 12.2 Å². The highest BCUT2D eigenvalue weighted by Crippen LogP contribution is 2.16. The van der Waals surface area contributed by atoms with E-state index in [1.54, 1.807) is 0 Å². The number of esters is 1. The normalized spacial score (nSPS) is 12.3. The van der Waals surface area contributed by atoms with Crippen LogP contribution in [0.2, 0.25) is 0 Å². The molecule has 1 N–H and O–H groups in total. The van der Waals surface area contributed by atoms with Crippen LogP contribution >= 0.6 is 0 Å². The topological polar surface area (TPSA) is 55.8 Å². The summed E-state index contributed by atoms with van der Waals surface area (Å²) >= 11 is 0. The quantitative estimate of drug-likeness (QED) is 0.0393. The molecule has 0 rings (SSSR count). The molecule has 1 atom stereocenters. The zero-order chi connectivity index (χ0) is 35.6. The number of ether oxygens (including phenoxy) is 2. The fourth-order valence-electron chi connectivity index (χ4n) is 6.74. The molecule has 0 aromatic carbocycles. The molecule has 0 saturated heterocycles. The number of aliphatic hydroxyl groups excluding tert-OH is 1. The lowest BCUT2D eigenvalue weighted by molar-refractivity contribution is -0.154. The van der Waals surface area contributed by atoms with E-state index in [-0.39, 0.29) is 12.6 Å². The molecule has 0 radical (unpaired) electrons. The number of allylic oxidation sites excluding steroid dienone is 2. The second kappa shape index (κ2) is 43.3. The van der Waals surface area contributed by atoms with Crippen LogP contribution in [0.3, 0.4) is 0 Å². The number of rotatable bonds is 42. The summed E-state index contributed by atoms with van der Waals surface area (Å²) in [6, 6.07) is 0. The van der Waals surface area contributed by atoms with Crippen LogP contribution in [0.1, 0.15) is 245 Å². The molecule has 4 nitrogen and oxygen atoms in total. The largest absolute Gasteiger partial charge is 0.457 e. The molecule has 49 heavy (non-hydrogen) atoms. The van der Waals surface area contributed by atoms with Crippen molar-refractivity contribution in [1.29, 1.82) is 0 Å². The van der Waals surface area contributed by atoms with Gasteiger partial charge in [-0.2, -0.15) is 0 Å². The molecule has 0 amide bonds. The second-order valence-electron chi connectivity index (χ2n) is 15.1. The Kier molecular flexibility index (Phi) is 42.5. The molecule has 0 bridgehead atoms. The van der Waals surface area contributed by atoms with Gasteiger partial charge >= 0.3 is 5.97 Å². The summed E-state index contributed by atoms with van der Waals surface area (Å²) in [6.45, 7) is 5.38. The van der Waals surface area contributed by atoms with E-state index < -0.39 is 6.10 Å². The first-order chi connectivity index (χ1) is 24.2. The average Bonchev–Trinajstić information content (AvgIpc) is 3.11. The Morgan fingerprint density at radius 2 is 0.796 bits per heavy atom. The molecule has 292 valence electrons. The smallest absolute Gasteiger partial charge is 0.306 e. The SMILES string of the molecule is CCCCCCCCC/C=C\CCCCCCCC(=O)OC(CO)COCCCCCCCCCCCCCCCCCCCCCCC. The summed E-state index contributed by atoms with van der Waals surface area (Å²) < 4.78 is 11.2. The van der Waals surface area contributed by atoms with Crippen LogP contribution in [-0.2, 0) is 14.3 Å². The minimum atomic E-state index is -0.532. The third-order valence-corrected chi connectivity index (χ3v) is 10.1. The lowest BCUT2D eigenvalue weighted by Crippen LogP contribution is -2.27. The molecule has 0 heterocycles. The molecule has 0 aliphatic carbocycles. The molecule has 0 aromatic rings. The number of carbonyl (C=O) groups is 1. The van der Waals surface area contributed by atoms with Gasteiger partial charge in [-0.15, -0.1) is 0 Å². The van der Waals surface area contributed by atoms with E-state index in [2.05, 4.69) is 26.0 Å². The summed E-state index contributed by atoms with van der Waals surface area (Å²) in [5, 5.41) is 9.60. The van der Waals surface area contributed by atoms with Gasteiger partial charge in [-0.1, -0.05) is 212 Å². The zero-order valence-electron chi connectivity index (χ0n) is 33.5. The maximum absolute atomic E-state index is 12.2. The van der Waals surface area contributed by atoms with Gasteiger partial charge in [0.25, 0.3) is 0 Å². The molecular weight excluding hydrogens is 604 g/mol. The average molecular weight is 693 g/mol. The van der Waals surface area contributed by atoms with Crippen LogP contribution in [0.15, 0.2) is 12.2 Å². The third kappa shape index (κ3) is 41.4. The maximum atomic E-state index is 12.2. The number of hydrogen-bond donors (Lipinski definition) is 1. The van der Waals surface area contributed by atoms with E-state index in [1.165, 1.54) is 205 Å². The monoisotopic (exact) mass is 693 g/mol. The van der Waals surface area contributed by atoms with Crippen LogP contribution in [-0.4, -0.2) is 37.0 Å². The van der Waals surface area contributed by atoms with Crippen molar-refractivity contribution >= 4 is 5.97 Å². The van der Waals surface area contributed by atoms with Gasteiger partial charge in [-0.05, 0) is 38.5 Å². The van der Waals surface area contributed by atoms with Crippen LogP contribution in [0.5, 0.6) is 0 Å². The Labute approximate surface area is 307 Å². The Bertz CT molecular complexity index is 648. The molecule has 0 aliphatic rings. The van der Waals surface area contributed by atoms with Crippen molar-refractivity contribution < 1.29 is 19.4 Å². The fraction of sp³-hybridized carbons (Fsp3) is 0.933. The molecule has 4 heteroatoms. The fourth-order valence-corrected chi connectivity index (χ4v) is 6.74. The first kappa shape index (κ1) is 48.1. The van der Waals surface area contributed by atoms with Gasteiger partial charge in [0.1, 0.15) is 6.10 Å². The Morgan fingerprint density at radius 1 is 0.469 bits per heavy atom. The van der Waals surface area contributed by atoms with E-state index in [0.717, 1.165) is 19.3 Å². The molecule has 0 aliphatic heterocycles. The van der Waals surface area contributed by atoms with Crippen molar-refractivity contribution in [1.82, 2.24) is 0 Å². The van der Waals surface area contributed by atoms with E-state index in [4.69, 9.17) is 9.47 Å². The van der Waals surface area contributed by atoms with Crippen molar-refractivity contribution in [3.8, 4) is 0 Å². The summed E-state index contributed by atoms with van der Waals surface area (Å²) in [5.74, 6) is -0.204. The summed E-state index contributed by atoms with van der Waals surface area (Å²) in [4.78, 5) is 12.2. The molecule has 0 aromatic heterocycles. The molecule has 1 unspecified atom stereocenters. The Balaban J connectivity index is 3.37. The Morgan fingerprint density at radius 3 is 1.16 bits per heavy atom. The number of unbranched alkanes of at least 4 members (excludes halogenated alkanes) is 32. The van der Waals surface area contributed by atoms with Gasteiger partial charge in [0.15, 0.2) is 0 Å². The van der Waals surface area contributed by atoms with Gasteiger partial charge in [0.2, 0.25) is 0 Å². The summed E-state index contributed by atoms with van der Waals surface area (Å²) in [6.07, 6.45) is 51.4.